The summed E-state index contributed by atoms with van der Waals surface area (Å²) in [6.45, 7) is 0. The summed E-state index contributed by atoms with van der Waals surface area (Å²) in [6.07, 6.45) is 1.21. The van der Waals surface area contributed by atoms with E-state index in [1.54, 1.807) is 0 Å². The Morgan fingerprint density at radius 2 is 1.93 bits per heavy atom. The fourth-order valence-electron chi connectivity index (χ4n) is 1.52. The number of amides is 2. The SMILES string of the molecule is CN1C(=O)CC(NS(=O)(=O)C2CC2)C1=O. The first-order valence-electron chi connectivity index (χ1n) is 4.73. The average molecular weight is 232 g/mol. The van der Waals surface area contributed by atoms with Crippen molar-refractivity contribution in [1.82, 2.24) is 9.62 Å². The molecule has 1 saturated carbocycles. The third-order valence-electron chi connectivity index (χ3n) is 2.65. The quantitative estimate of drug-likeness (QED) is 0.621. The molecule has 1 saturated heterocycles. The predicted molar refractivity (Wildman–Crippen MR) is 51.3 cm³/mol. The Labute approximate surface area is 87.7 Å². The molecule has 1 unspecified atom stereocenters. The van der Waals surface area contributed by atoms with Crippen LogP contribution < -0.4 is 4.72 Å². The molecule has 84 valence electrons. The van der Waals surface area contributed by atoms with E-state index in [0.29, 0.717) is 12.8 Å². The highest BCUT2D eigenvalue weighted by Crippen LogP contribution is 2.28. The standard InChI is InChI=1S/C8H12N2O4S/c1-10-7(11)4-6(8(10)12)9-15(13,14)5-2-3-5/h5-6,9H,2-4H2,1H3. The fourth-order valence-corrected chi connectivity index (χ4v) is 3.05. The lowest BCUT2D eigenvalue weighted by molar-refractivity contribution is -0.137. The van der Waals surface area contributed by atoms with Gasteiger partial charge in [0.05, 0.1) is 11.7 Å². The topological polar surface area (TPSA) is 83.6 Å². The second-order valence-electron chi connectivity index (χ2n) is 3.91. The Hall–Kier alpha value is -0.950. The van der Waals surface area contributed by atoms with Crippen LogP contribution in [0.1, 0.15) is 19.3 Å². The van der Waals surface area contributed by atoms with Crippen LogP contribution in [-0.4, -0.2) is 43.5 Å². The molecule has 1 heterocycles. The lowest BCUT2D eigenvalue weighted by Gasteiger charge is -2.10. The van der Waals surface area contributed by atoms with Gasteiger partial charge in [-0.05, 0) is 12.8 Å². The summed E-state index contributed by atoms with van der Waals surface area (Å²) in [5.74, 6) is -0.812. The average Bonchev–Trinajstić information content (AvgIpc) is 2.93. The van der Waals surface area contributed by atoms with Gasteiger partial charge in [0.2, 0.25) is 21.8 Å². The van der Waals surface area contributed by atoms with Crippen molar-refractivity contribution in [2.45, 2.75) is 30.6 Å². The van der Waals surface area contributed by atoms with Gasteiger partial charge in [-0.15, -0.1) is 0 Å². The second-order valence-corrected chi connectivity index (χ2v) is 5.90. The molecule has 0 aromatic heterocycles. The highest BCUT2D eigenvalue weighted by Gasteiger charge is 2.43. The molecule has 0 spiro atoms. The van der Waals surface area contributed by atoms with E-state index in [4.69, 9.17) is 0 Å². The lowest BCUT2D eigenvalue weighted by atomic mass is 10.3. The molecule has 2 aliphatic rings. The number of imide groups is 1. The Balaban J connectivity index is 2.07. The molecule has 1 aliphatic carbocycles. The van der Waals surface area contributed by atoms with Crippen molar-refractivity contribution in [1.29, 1.82) is 0 Å². The van der Waals surface area contributed by atoms with Gasteiger partial charge < -0.3 is 0 Å². The minimum absolute atomic E-state index is 0.0682. The van der Waals surface area contributed by atoms with Gasteiger partial charge in [0.25, 0.3) is 0 Å². The minimum Gasteiger partial charge on any atom is -0.284 e. The van der Waals surface area contributed by atoms with Crippen molar-refractivity contribution in [3.63, 3.8) is 0 Å². The Morgan fingerprint density at radius 1 is 1.33 bits per heavy atom. The maximum atomic E-state index is 11.5. The third-order valence-corrected chi connectivity index (χ3v) is 4.61. The van der Waals surface area contributed by atoms with Crippen molar-refractivity contribution in [3.05, 3.63) is 0 Å². The molecule has 1 N–H and O–H groups in total. The van der Waals surface area contributed by atoms with E-state index in [1.165, 1.54) is 7.05 Å². The van der Waals surface area contributed by atoms with Gasteiger partial charge in [0, 0.05) is 7.05 Å². The summed E-state index contributed by atoms with van der Waals surface area (Å²) in [5, 5.41) is -0.369. The first-order valence-corrected chi connectivity index (χ1v) is 6.28. The molecular formula is C8H12N2O4S. The first kappa shape index (κ1) is 10.6. The smallest absolute Gasteiger partial charge is 0.247 e. The van der Waals surface area contributed by atoms with Crippen LogP contribution in [-0.2, 0) is 19.6 Å². The molecule has 7 heteroatoms. The summed E-state index contributed by atoms with van der Waals surface area (Å²) >= 11 is 0. The number of likely N-dealkylation sites (tertiary alicyclic amines) is 1. The van der Waals surface area contributed by atoms with Crippen LogP contribution in [0.3, 0.4) is 0 Å². The summed E-state index contributed by atoms with van der Waals surface area (Å²) in [4.78, 5) is 23.5. The highest BCUT2D eigenvalue weighted by molar-refractivity contribution is 7.90. The van der Waals surface area contributed by atoms with Gasteiger partial charge in [-0.3, -0.25) is 14.5 Å². The molecular weight excluding hydrogens is 220 g/mol. The van der Waals surface area contributed by atoms with E-state index in [9.17, 15) is 18.0 Å². The number of likely N-dealkylation sites (N-methyl/N-ethyl adjacent to an activating group) is 1. The Morgan fingerprint density at radius 3 is 2.33 bits per heavy atom. The fraction of sp³-hybridized carbons (Fsp3) is 0.750. The number of carbonyl (C=O) groups is 2. The third kappa shape index (κ3) is 1.89. The molecule has 2 rings (SSSR count). The zero-order valence-electron chi connectivity index (χ0n) is 8.26. The molecule has 2 fully saturated rings. The molecule has 6 nitrogen and oxygen atoms in total. The van der Waals surface area contributed by atoms with Crippen molar-refractivity contribution in [2.24, 2.45) is 0 Å². The number of sulfonamides is 1. The summed E-state index contributed by atoms with van der Waals surface area (Å²) in [5.41, 5.74) is 0. The number of hydrogen-bond acceptors (Lipinski definition) is 4. The van der Waals surface area contributed by atoms with Gasteiger partial charge in [-0.1, -0.05) is 0 Å². The van der Waals surface area contributed by atoms with Crippen LogP contribution in [0.2, 0.25) is 0 Å². The van der Waals surface area contributed by atoms with Crippen LogP contribution in [0.5, 0.6) is 0 Å². The van der Waals surface area contributed by atoms with Crippen molar-refractivity contribution in [3.8, 4) is 0 Å². The molecule has 0 aromatic carbocycles. The van der Waals surface area contributed by atoms with Gasteiger partial charge >= 0.3 is 0 Å². The molecule has 0 radical (unpaired) electrons. The zero-order valence-corrected chi connectivity index (χ0v) is 9.08. The number of nitrogens with zero attached hydrogens (tertiary/aromatic N) is 1. The Kier molecular flexibility index (Phi) is 2.31. The van der Waals surface area contributed by atoms with Crippen LogP contribution in [0, 0.1) is 0 Å². The van der Waals surface area contributed by atoms with Gasteiger partial charge in [0.1, 0.15) is 6.04 Å². The minimum atomic E-state index is -3.40. The summed E-state index contributed by atoms with van der Waals surface area (Å²) in [7, 11) is -2.04. The number of nitrogens with one attached hydrogen (secondary N) is 1. The zero-order chi connectivity index (χ0) is 11.2. The Bertz CT molecular complexity index is 412. The van der Waals surface area contributed by atoms with Gasteiger partial charge in [-0.25, -0.2) is 13.1 Å². The maximum absolute atomic E-state index is 11.5. The van der Waals surface area contributed by atoms with E-state index >= 15 is 0 Å². The van der Waals surface area contributed by atoms with Crippen molar-refractivity contribution < 1.29 is 18.0 Å². The summed E-state index contributed by atoms with van der Waals surface area (Å²) in [6, 6.07) is -0.895. The number of rotatable bonds is 3. The van der Waals surface area contributed by atoms with E-state index in [-0.39, 0.29) is 17.6 Å². The van der Waals surface area contributed by atoms with Crippen LogP contribution in [0.4, 0.5) is 0 Å². The number of hydrogen-bond donors (Lipinski definition) is 1. The van der Waals surface area contributed by atoms with Crippen LogP contribution in [0.15, 0.2) is 0 Å². The molecule has 2 amide bonds. The van der Waals surface area contributed by atoms with Crippen molar-refractivity contribution >= 4 is 21.8 Å². The highest BCUT2D eigenvalue weighted by atomic mass is 32.2. The van der Waals surface area contributed by atoms with Crippen LogP contribution >= 0.6 is 0 Å². The van der Waals surface area contributed by atoms with E-state index in [0.717, 1.165) is 4.90 Å². The van der Waals surface area contributed by atoms with Crippen molar-refractivity contribution in [2.75, 3.05) is 7.05 Å². The van der Waals surface area contributed by atoms with E-state index in [1.807, 2.05) is 0 Å². The number of carbonyl (C=O) groups excluding carboxylic acids is 2. The van der Waals surface area contributed by atoms with E-state index < -0.39 is 22.0 Å². The predicted octanol–water partition coefficient (Wildman–Crippen LogP) is -1.17. The largest absolute Gasteiger partial charge is 0.284 e. The maximum Gasteiger partial charge on any atom is 0.247 e. The molecule has 1 aliphatic heterocycles. The van der Waals surface area contributed by atoms with E-state index in [2.05, 4.69) is 4.72 Å². The second kappa shape index (κ2) is 3.28. The van der Waals surface area contributed by atoms with Crippen LogP contribution in [0.25, 0.3) is 0 Å². The van der Waals surface area contributed by atoms with Gasteiger partial charge in [0.15, 0.2) is 0 Å². The summed E-state index contributed by atoms with van der Waals surface area (Å²) < 4.78 is 25.3. The lowest BCUT2D eigenvalue weighted by Crippen LogP contribution is -2.42. The normalized spacial score (nSPS) is 27.5. The molecule has 0 aromatic rings. The van der Waals surface area contributed by atoms with Gasteiger partial charge in [-0.2, -0.15) is 0 Å². The molecule has 15 heavy (non-hydrogen) atoms. The first-order chi connectivity index (χ1) is 6.92. The monoisotopic (exact) mass is 232 g/mol. The molecule has 1 atom stereocenters. The molecule has 0 bridgehead atoms.